The van der Waals surface area contributed by atoms with Gasteiger partial charge in [0, 0.05) is 13.1 Å². The van der Waals surface area contributed by atoms with Crippen molar-refractivity contribution >= 4 is 27.5 Å². The smallest absolute Gasteiger partial charge is 0.264 e. The van der Waals surface area contributed by atoms with Crippen molar-refractivity contribution in [3.63, 3.8) is 0 Å². The third kappa shape index (κ3) is 7.44. The minimum absolute atomic E-state index is 0.0870. The summed E-state index contributed by atoms with van der Waals surface area (Å²) in [6.45, 7) is 7.83. The van der Waals surface area contributed by atoms with E-state index in [0.717, 1.165) is 33.8 Å². The predicted molar refractivity (Wildman–Crippen MR) is 151 cm³/mol. The molecule has 8 heteroatoms. The number of nitrogens with zero attached hydrogens (tertiary/aromatic N) is 2. The Bertz CT molecular complexity index is 1330. The van der Waals surface area contributed by atoms with E-state index in [4.69, 9.17) is 0 Å². The summed E-state index contributed by atoms with van der Waals surface area (Å²) in [4.78, 5) is 28.4. The van der Waals surface area contributed by atoms with Crippen LogP contribution < -0.4 is 9.62 Å². The molecule has 0 aliphatic heterocycles. The van der Waals surface area contributed by atoms with Gasteiger partial charge in [-0.2, -0.15) is 0 Å². The molecule has 0 fully saturated rings. The van der Waals surface area contributed by atoms with Gasteiger partial charge in [-0.3, -0.25) is 13.9 Å². The quantitative estimate of drug-likeness (QED) is 0.337. The van der Waals surface area contributed by atoms with Gasteiger partial charge in [-0.25, -0.2) is 8.42 Å². The van der Waals surface area contributed by atoms with Gasteiger partial charge >= 0.3 is 0 Å². The van der Waals surface area contributed by atoms with E-state index in [1.54, 1.807) is 37.3 Å². The van der Waals surface area contributed by atoms with Crippen LogP contribution in [0.3, 0.4) is 0 Å². The number of unbranched alkanes of at least 4 members (excludes halogenated alkanes) is 1. The zero-order chi connectivity index (χ0) is 27.7. The molecule has 0 radical (unpaired) electrons. The molecule has 202 valence electrons. The fraction of sp³-hybridized carbons (Fsp3) is 0.333. The van der Waals surface area contributed by atoms with Crippen LogP contribution in [0.15, 0.2) is 83.8 Å². The molecule has 0 aliphatic carbocycles. The first-order chi connectivity index (χ1) is 18.1. The van der Waals surface area contributed by atoms with Crippen LogP contribution in [-0.4, -0.2) is 44.3 Å². The van der Waals surface area contributed by atoms with Gasteiger partial charge in [-0.05, 0) is 57.0 Å². The normalized spacial score (nSPS) is 12.0. The minimum atomic E-state index is -4.05. The monoisotopic (exact) mass is 535 g/mol. The van der Waals surface area contributed by atoms with Gasteiger partial charge in [-0.1, -0.05) is 79.1 Å². The Labute approximate surface area is 226 Å². The van der Waals surface area contributed by atoms with Crippen LogP contribution in [0.25, 0.3) is 0 Å². The number of rotatable bonds is 12. The first kappa shape index (κ1) is 28.9. The molecule has 1 N–H and O–H groups in total. The lowest BCUT2D eigenvalue weighted by Gasteiger charge is -2.32. The molecule has 0 bridgehead atoms. The number of anilines is 1. The number of hydrogen-bond acceptors (Lipinski definition) is 4. The Morgan fingerprint density at radius 3 is 2.21 bits per heavy atom. The van der Waals surface area contributed by atoms with Crippen LogP contribution in [0.1, 0.15) is 43.4 Å². The van der Waals surface area contributed by atoms with E-state index in [-0.39, 0.29) is 17.3 Å². The molecular weight excluding hydrogens is 498 g/mol. The number of hydrogen-bond donors (Lipinski definition) is 1. The molecule has 3 aromatic rings. The topological polar surface area (TPSA) is 86.8 Å². The lowest BCUT2D eigenvalue weighted by atomic mass is 10.1. The fourth-order valence-corrected chi connectivity index (χ4v) is 5.52. The number of aryl methyl sites for hydroxylation is 2. The van der Waals surface area contributed by atoms with Crippen molar-refractivity contribution < 1.29 is 18.0 Å². The third-order valence-corrected chi connectivity index (χ3v) is 8.15. The van der Waals surface area contributed by atoms with Crippen molar-refractivity contribution in [1.29, 1.82) is 0 Å². The highest BCUT2D eigenvalue weighted by atomic mass is 32.2. The number of benzene rings is 3. The van der Waals surface area contributed by atoms with Gasteiger partial charge in [0.1, 0.15) is 12.6 Å². The minimum Gasteiger partial charge on any atom is -0.354 e. The maximum atomic E-state index is 13.9. The molecule has 3 rings (SSSR count). The van der Waals surface area contributed by atoms with Gasteiger partial charge in [0.05, 0.1) is 10.6 Å². The molecule has 1 atom stereocenters. The highest BCUT2D eigenvalue weighted by molar-refractivity contribution is 7.92. The molecule has 3 aromatic carbocycles. The summed E-state index contributed by atoms with van der Waals surface area (Å²) in [6.07, 6.45) is 1.77. The van der Waals surface area contributed by atoms with Crippen LogP contribution in [0.4, 0.5) is 5.69 Å². The predicted octanol–water partition coefficient (Wildman–Crippen LogP) is 4.83. The molecule has 0 unspecified atom stereocenters. The van der Waals surface area contributed by atoms with Gasteiger partial charge in [0.15, 0.2) is 0 Å². The SMILES string of the molecule is CCCCNC(=O)[C@H](C)N(Cc1cccc(C)c1)C(=O)CN(c1ccc(C)cc1)S(=O)(=O)c1ccccc1. The van der Waals surface area contributed by atoms with Crippen molar-refractivity contribution in [3.05, 3.63) is 95.6 Å². The molecule has 0 aliphatic rings. The van der Waals surface area contributed by atoms with Crippen molar-refractivity contribution in [1.82, 2.24) is 10.2 Å². The average Bonchev–Trinajstić information content (AvgIpc) is 2.91. The van der Waals surface area contributed by atoms with Crippen LogP contribution in [-0.2, 0) is 26.2 Å². The molecule has 7 nitrogen and oxygen atoms in total. The highest BCUT2D eigenvalue weighted by Gasteiger charge is 2.32. The van der Waals surface area contributed by atoms with Crippen molar-refractivity contribution in [2.45, 2.75) is 58.0 Å². The summed E-state index contributed by atoms with van der Waals surface area (Å²) >= 11 is 0. The first-order valence-corrected chi connectivity index (χ1v) is 14.3. The van der Waals surface area contributed by atoms with Crippen LogP contribution in [0, 0.1) is 13.8 Å². The van der Waals surface area contributed by atoms with Gasteiger partial charge in [-0.15, -0.1) is 0 Å². The summed E-state index contributed by atoms with van der Waals surface area (Å²) in [5.41, 5.74) is 3.24. The molecule has 0 heterocycles. The fourth-order valence-electron chi connectivity index (χ4n) is 4.09. The number of sulfonamides is 1. The molecule has 0 aromatic heterocycles. The third-order valence-electron chi connectivity index (χ3n) is 6.36. The Kier molecular flexibility index (Phi) is 10.1. The maximum absolute atomic E-state index is 13.9. The highest BCUT2D eigenvalue weighted by Crippen LogP contribution is 2.25. The average molecular weight is 536 g/mol. The number of carbonyl (C=O) groups is 2. The van der Waals surface area contributed by atoms with Crippen LogP contribution in [0.2, 0.25) is 0 Å². The first-order valence-electron chi connectivity index (χ1n) is 12.9. The van der Waals surface area contributed by atoms with Crippen molar-refractivity contribution in [2.75, 3.05) is 17.4 Å². The maximum Gasteiger partial charge on any atom is 0.264 e. The molecular formula is C30H37N3O4S. The van der Waals surface area contributed by atoms with Crippen LogP contribution >= 0.6 is 0 Å². The van der Waals surface area contributed by atoms with E-state index in [2.05, 4.69) is 5.32 Å². The second kappa shape index (κ2) is 13.2. The number of amides is 2. The van der Waals surface area contributed by atoms with Crippen molar-refractivity contribution in [3.8, 4) is 0 Å². The summed E-state index contributed by atoms with van der Waals surface area (Å²) in [6, 6.07) is 22.0. The molecule has 0 saturated carbocycles. The lowest BCUT2D eigenvalue weighted by molar-refractivity contribution is -0.139. The standard InChI is InChI=1S/C30H37N3O4S/c1-5-6-19-31-30(35)25(4)32(21-26-12-10-11-24(3)20-26)29(34)22-33(27-17-15-23(2)16-18-27)38(36,37)28-13-8-7-9-14-28/h7-18,20,25H,5-6,19,21-22H2,1-4H3,(H,31,35)/t25-/m0/s1. The zero-order valence-corrected chi connectivity index (χ0v) is 23.4. The Morgan fingerprint density at radius 2 is 1.58 bits per heavy atom. The molecule has 0 saturated heterocycles. The Hall–Kier alpha value is -3.65. The summed E-state index contributed by atoms with van der Waals surface area (Å²) in [7, 11) is -4.05. The number of nitrogens with one attached hydrogen (secondary N) is 1. The molecule has 38 heavy (non-hydrogen) atoms. The molecule has 0 spiro atoms. The zero-order valence-electron chi connectivity index (χ0n) is 22.6. The largest absolute Gasteiger partial charge is 0.354 e. The summed E-state index contributed by atoms with van der Waals surface area (Å²) in [5, 5.41) is 2.90. The second-order valence-corrected chi connectivity index (χ2v) is 11.4. The summed E-state index contributed by atoms with van der Waals surface area (Å²) in [5.74, 6) is -0.739. The van der Waals surface area contributed by atoms with E-state index in [9.17, 15) is 18.0 Å². The van der Waals surface area contributed by atoms with E-state index < -0.39 is 28.5 Å². The summed E-state index contributed by atoms with van der Waals surface area (Å²) < 4.78 is 28.6. The van der Waals surface area contributed by atoms with Gasteiger partial charge in [0.25, 0.3) is 10.0 Å². The van der Waals surface area contributed by atoms with Crippen molar-refractivity contribution in [2.24, 2.45) is 0 Å². The Morgan fingerprint density at radius 1 is 0.895 bits per heavy atom. The van der Waals surface area contributed by atoms with E-state index in [1.807, 2.05) is 57.2 Å². The lowest BCUT2D eigenvalue weighted by Crippen LogP contribution is -2.51. The number of carbonyl (C=O) groups excluding carboxylic acids is 2. The van der Waals surface area contributed by atoms with Gasteiger partial charge in [0.2, 0.25) is 11.8 Å². The molecule has 2 amide bonds. The van der Waals surface area contributed by atoms with E-state index in [1.165, 1.54) is 17.0 Å². The Balaban J connectivity index is 1.98. The van der Waals surface area contributed by atoms with Gasteiger partial charge < -0.3 is 10.2 Å². The van der Waals surface area contributed by atoms with Crippen LogP contribution in [0.5, 0.6) is 0 Å². The van der Waals surface area contributed by atoms with E-state index >= 15 is 0 Å². The second-order valence-electron chi connectivity index (χ2n) is 9.49. The van der Waals surface area contributed by atoms with E-state index in [0.29, 0.717) is 12.2 Å².